The highest BCUT2D eigenvalue weighted by atomic mass is 16.5. The number of hydrogen-bond acceptors (Lipinski definition) is 4. The zero-order valence-electron chi connectivity index (χ0n) is 9.30. The van der Waals surface area contributed by atoms with Gasteiger partial charge in [-0.15, -0.1) is 0 Å². The number of amides is 1. The summed E-state index contributed by atoms with van der Waals surface area (Å²) in [6, 6.07) is 1.82. The third-order valence-electron chi connectivity index (χ3n) is 2.66. The first-order valence-corrected chi connectivity index (χ1v) is 5.11. The van der Waals surface area contributed by atoms with Crippen LogP contribution in [0.25, 0.3) is 0 Å². The molecule has 1 aromatic heterocycles. The van der Waals surface area contributed by atoms with Crippen LogP contribution in [0.15, 0.2) is 12.3 Å². The summed E-state index contributed by atoms with van der Waals surface area (Å²) in [5.41, 5.74) is 1.57. The van der Waals surface area contributed by atoms with Gasteiger partial charge < -0.3 is 14.7 Å². The highest BCUT2D eigenvalue weighted by Gasteiger charge is 2.32. The topological polar surface area (TPSA) is 62.7 Å². The van der Waals surface area contributed by atoms with Gasteiger partial charge in [0.1, 0.15) is 5.69 Å². The van der Waals surface area contributed by atoms with Crippen LogP contribution in [0.2, 0.25) is 0 Å². The minimum atomic E-state index is -0.600. The molecule has 2 heterocycles. The number of aryl methyl sites for hydroxylation is 1. The highest BCUT2D eigenvalue weighted by molar-refractivity contribution is 5.97. The number of anilines is 1. The smallest absolute Gasteiger partial charge is 0.237 e. The minimum absolute atomic E-state index is 0.0955. The summed E-state index contributed by atoms with van der Waals surface area (Å²) in [6.45, 7) is 2.19. The molecule has 1 amide bonds. The van der Waals surface area contributed by atoms with Crippen LogP contribution < -0.4 is 9.64 Å². The van der Waals surface area contributed by atoms with Crippen molar-refractivity contribution in [2.45, 2.75) is 19.4 Å². The Morgan fingerprint density at radius 2 is 2.38 bits per heavy atom. The predicted octanol–water partition coefficient (Wildman–Crippen LogP) is 0.496. The van der Waals surface area contributed by atoms with Gasteiger partial charge in [-0.05, 0) is 18.6 Å². The standard InChI is InChI=1S/C11H14N2O3/c1-7-3-4-12-11(16-2)10(7)13-6-8(14)5-9(13)15/h3-4,8,14H,5-6H2,1-2H3. The lowest BCUT2D eigenvalue weighted by molar-refractivity contribution is -0.117. The molecule has 1 aromatic rings. The lowest BCUT2D eigenvalue weighted by atomic mass is 10.2. The van der Waals surface area contributed by atoms with Gasteiger partial charge in [0, 0.05) is 6.20 Å². The van der Waals surface area contributed by atoms with Crippen molar-refractivity contribution in [2.75, 3.05) is 18.6 Å². The van der Waals surface area contributed by atoms with Gasteiger partial charge in [0.2, 0.25) is 11.8 Å². The number of nitrogens with zero attached hydrogens (tertiary/aromatic N) is 2. The molecule has 86 valence electrons. The second kappa shape index (κ2) is 4.09. The van der Waals surface area contributed by atoms with Crippen molar-refractivity contribution in [1.82, 2.24) is 4.98 Å². The van der Waals surface area contributed by atoms with Crippen molar-refractivity contribution in [3.05, 3.63) is 17.8 Å². The van der Waals surface area contributed by atoms with E-state index in [1.165, 1.54) is 12.0 Å². The molecular weight excluding hydrogens is 208 g/mol. The summed E-state index contributed by atoms with van der Waals surface area (Å²) in [5.74, 6) is 0.323. The first-order valence-electron chi connectivity index (χ1n) is 5.11. The molecule has 0 saturated carbocycles. The number of carbonyl (C=O) groups excluding carboxylic acids is 1. The SMILES string of the molecule is COc1nccc(C)c1N1CC(O)CC1=O. The maximum atomic E-state index is 11.7. The van der Waals surface area contributed by atoms with Gasteiger partial charge in [0.05, 0.1) is 26.2 Å². The Morgan fingerprint density at radius 3 is 2.94 bits per heavy atom. The number of ether oxygens (including phenoxy) is 1. The van der Waals surface area contributed by atoms with Crippen LogP contribution in [0.5, 0.6) is 5.88 Å². The van der Waals surface area contributed by atoms with Crippen LogP contribution in [0.1, 0.15) is 12.0 Å². The molecule has 1 N–H and O–H groups in total. The number of methoxy groups -OCH3 is 1. The Hall–Kier alpha value is -1.62. The third kappa shape index (κ3) is 1.74. The molecule has 16 heavy (non-hydrogen) atoms. The maximum Gasteiger partial charge on any atom is 0.237 e. The fourth-order valence-corrected chi connectivity index (χ4v) is 1.91. The van der Waals surface area contributed by atoms with Crippen molar-refractivity contribution >= 4 is 11.6 Å². The first kappa shape index (κ1) is 10.9. The van der Waals surface area contributed by atoms with E-state index in [0.717, 1.165) is 5.56 Å². The van der Waals surface area contributed by atoms with Gasteiger partial charge >= 0.3 is 0 Å². The minimum Gasteiger partial charge on any atom is -0.480 e. The van der Waals surface area contributed by atoms with Crippen LogP contribution in [-0.4, -0.2) is 35.8 Å². The summed E-state index contributed by atoms with van der Waals surface area (Å²) < 4.78 is 5.14. The number of β-amino-alcohol motifs (C(OH)–C–C–N with tert-alkyl or cyclic N) is 1. The van der Waals surface area contributed by atoms with Crippen molar-refractivity contribution < 1.29 is 14.6 Å². The number of carbonyl (C=O) groups is 1. The molecule has 0 spiro atoms. The van der Waals surface area contributed by atoms with Gasteiger partial charge in [-0.1, -0.05) is 0 Å². The Bertz CT molecular complexity index is 420. The molecule has 1 fully saturated rings. The second-order valence-corrected chi connectivity index (χ2v) is 3.85. The van der Waals surface area contributed by atoms with E-state index >= 15 is 0 Å². The van der Waals surface area contributed by atoms with Gasteiger partial charge in [-0.2, -0.15) is 0 Å². The lowest BCUT2D eigenvalue weighted by Gasteiger charge is -2.20. The zero-order valence-corrected chi connectivity index (χ0v) is 9.30. The molecule has 0 radical (unpaired) electrons. The molecule has 1 saturated heterocycles. The van der Waals surface area contributed by atoms with E-state index in [4.69, 9.17) is 4.74 Å². The number of hydrogen-bond donors (Lipinski definition) is 1. The number of aliphatic hydroxyl groups is 1. The summed E-state index contributed by atoms with van der Waals surface area (Å²) >= 11 is 0. The molecule has 1 unspecified atom stereocenters. The second-order valence-electron chi connectivity index (χ2n) is 3.85. The molecule has 2 rings (SSSR count). The van der Waals surface area contributed by atoms with E-state index < -0.39 is 6.10 Å². The van der Waals surface area contributed by atoms with Crippen LogP contribution in [0.3, 0.4) is 0 Å². The van der Waals surface area contributed by atoms with Gasteiger partial charge in [0.25, 0.3) is 0 Å². The van der Waals surface area contributed by atoms with E-state index in [0.29, 0.717) is 18.1 Å². The summed E-state index contributed by atoms with van der Waals surface area (Å²) in [6.07, 6.45) is 1.20. The van der Waals surface area contributed by atoms with E-state index in [2.05, 4.69) is 4.98 Å². The number of pyridine rings is 1. The summed E-state index contributed by atoms with van der Waals surface area (Å²) in [7, 11) is 1.52. The predicted molar refractivity (Wildman–Crippen MR) is 58.5 cm³/mol. The lowest BCUT2D eigenvalue weighted by Crippen LogP contribution is -2.26. The first-order chi connectivity index (χ1) is 7.63. The third-order valence-corrected chi connectivity index (χ3v) is 2.66. The number of aromatic nitrogens is 1. The molecule has 0 bridgehead atoms. The van der Waals surface area contributed by atoms with Crippen LogP contribution in [-0.2, 0) is 4.79 Å². The summed E-state index contributed by atoms with van der Waals surface area (Å²) in [4.78, 5) is 17.3. The molecule has 0 aromatic carbocycles. The van der Waals surface area contributed by atoms with E-state index in [-0.39, 0.29) is 12.3 Å². The fraction of sp³-hybridized carbons (Fsp3) is 0.455. The Balaban J connectivity index is 2.43. The van der Waals surface area contributed by atoms with E-state index in [1.54, 1.807) is 6.20 Å². The van der Waals surface area contributed by atoms with Crippen molar-refractivity contribution in [3.63, 3.8) is 0 Å². The largest absolute Gasteiger partial charge is 0.480 e. The van der Waals surface area contributed by atoms with Gasteiger partial charge in [0.15, 0.2) is 0 Å². The average Bonchev–Trinajstić information content (AvgIpc) is 2.57. The zero-order chi connectivity index (χ0) is 11.7. The quantitative estimate of drug-likeness (QED) is 0.791. The Morgan fingerprint density at radius 1 is 1.62 bits per heavy atom. The van der Waals surface area contributed by atoms with Crippen molar-refractivity contribution in [2.24, 2.45) is 0 Å². The molecule has 5 nitrogen and oxygen atoms in total. The highest BCUT2D eigenvalue weighted by Crippen LogP contribution is 2.32. The molecule has 1 aliphatic rings. The number of aliphatic hydroxyl groups excluding tert-OH is 1. The number of rotatable bonds is 2. The van der Waals surface area contributed by atoms with Gasteiger partial charge in [-0.25, -0.2) is 4.98 Å². The summed E-state index contributed by atoms with van der Waals surface area (Å²) in [5, 5.41) is 9.46. The Kier molecular flexibility index (Phi) is 2.78. The fourth-order valence-electron chi connectivity index (χ4n) is 1.91. The van der Waals surface area contributed by atoms with Crippen LogP contribution >= 0.6 is 0 Å². The van der Waals surface area contributed by atoms with Crippen LogP contribution in [0, 0.1) is 6.92 Å². The molecule has 1 atom stereocenters. The molecule has 0 aliphatic carbocycles. The monoisotopic (exact) mass is 222 g/mol. The maximum absolute atomic E-state index is 11.7. The van der Waals surface area contributed by atoms with Gasteiger partial charge in [-0.3, -0.25) is 4.79 Å². The van der Waals surface area contributed by atoms with Crippen molar-refractivity contribution in [3.8, 4) is 5.88 Å². The molecule has 5 heteroatoms. The molecule has 1 aliphatic heterocycles. The van der Waals surface area contributed by atoms with E-state index in [9.17, 15) is 9.90 Å². The van der Waals surface area contributed by atoms with E-state index in [1.807, 2.05) is 13.0 Å². The Labute approximate surface area is 93.7 Å². The average molecular weight is 222 g/mol. The molecular formula is C11H14N2O3. The van der Waals surface area contributed by atoms with Crippen molar-refractivity contribution in [1.29, 1.82) is 0 Å². The van der Waals surface area contributed by atoms with Crippen LogP contribution in [0.4, 0.5) is 5.69 Å². The normalized spacial score (nSPS) is 20.3.